The molecule has 2 N–H and O–H groups in total. The molecule has 0 saturated carbocycles. The molecule has 3 rings (SSSR count). The third-order valence-electron chi connectivity index (χ3n) is 5.69. The number of nitrogens with one attached hydrogen (secondary N) is 2. The lowest BCUT2D eigenvalue weighted by atomic mass is 10.2. The van der Waals surface area contributed by atoms with E-state index in [1.165, 1.54) is 12.1 Å². The van der Waals surface area contributed by atoms with Crippen molar-refractivity contribution in [3.8, 4) is 5.75 Å². The number of ether oxygens (including phenoxy) is 1. The quantitative estimate of drug-likeness (QED) is 0.487. The number of carbonyl (C=O) groups is 1. The molecular weight excluding hydrogens is 440 g/mol. The fraction of sp³-hybridized carbons (Fsp3) is 0.458. The number of nitrogens with zero attached hydrogens (tertiary/aromatic N) is 2. The van der Waals surface area contributed by atoms with Crippen LogP contribution in [-0.2, 0) is 10.0 Å². The van der Waals surface area contributed by atoms with Crippen LogP contribution in [0.25, 0.3) is 0 Å². The van der Waals surface area contributed by atoms with E-state index >= 15 is 0 Å². The number of carbonyl (C=O) groups excluding carboxylic acids is 1. The smallest absolute Gasteiger partial charge is 0.261 e. The summed E-state index contributed by atoms with van der Waals surface area (Å²) < 4.78 is 33.1. The summed E-state index contributed by atoms with van der Waals surface area (Å²) >= 11 is 0. The highest BCUT2D eigenvalue weighted by atomic mass is 32.2. The van der Waals surface area contributed by atoms with Gasteiger partial charge in [-0.25, -0.2) is 8.42 Å². The second-order valence-electron chi connectivity index (χ2n) is 7.97. The van der Waals surface area contributed by atoms with Crippen molar-refractivity contribution in [2.75, 3.05) is 57.1 Å². The standard InChI is InChI=1S/C24H34N4O4S/c1-3-27-16-18-28(19-17-27)15-5-14-25-24(29)20-6-8-21(9-7-20)26-33(30,31)23-12-10-22(11-13-23)32-4-2/h6-13,26H,3-5,14-19H2,1-2H3,(H,25,29). The van der Waals surface area contributed by atoms with Gasteiger partial charge in [0.05, 0.1) is 11.5 Å². The number of hydrogen-bond acceptors (Lipinski definition) is 6. The Kier molecular flexibility index (Phi) is 9.11. The van der Waals surface area contributed by atoms with Gasteiger partial charge in [-0.1, -0.05) is 6.92 Å². The van der Waals surface area contributed by atoms with Crippen LogP contribution in [0.4, 0.5) is 5.69 Å². The minimum atomic E-state index is -3.73. The molecule has 1 aliphatic rings. The first kappa shape index (κ1) is 25.0. The van der Waals surface area contributed by atoms with Gasteiger partial charge in [-0.05, 0) is 75.0 Å². The Morgan fingerprint density at radius 3 is 2.18 bits per heavy atom. The van der Waals surface area contributed by atoms with E-state index in [4.69, 9.17) is 4.74 Å². The molecule has 2 aromatic carbocycles. The zero-order valence-electron chi connectivity index (χ0n) is 19.4. The number of likely N-dealkylation sites (N-methyl/N-ethyl adjacent to an activating group) is 1. The van der Waals surface area contributed by atoms with Crippen molar-refractivity contribution in [2.45, 2.75) is 25.2 Å². The maximum atomic E-state index is 12.6. The molecule has 180 valence electrons. The molecule has 9 heteroatoms. The van der Waals surface area contributed by atoms with Gasteiger partial charge in [0.15, 0.2) is 0 Å². The van der Waals surface area contributed by atoms with E-state index in [1.807, 2.05) is 6.92 Å². The van der Waals surface area contributed by atoms with Gasteiger partial charge in [-0.2, -0.15) is 0 Å². The van der Waals surface area contributed by atoms with Gasteiger partial charge in [-0.3, -0.25) is 9.52 Å². The van der Waals surface area contributed by atoms with Gasteiger partial charge in [0.2, 0.25) is 0 Å². The lowest BCUT2D eigenvalue weighted by molar-refractivity contribution is 0.0948. The number of rotatable bonds is 11. The third-order valence-corrected chi connectivity index (χ3v) is 7.09. The van der Waals surface area contributed by atoms with E-state index in [0.29, 0.717) is 30.2 Å². The summed E-state index contributed by atoms with van der Waals surface area (Å²) in [5, 5.41) is 2.94. The van der Waals surface area contributed by atoms with Crippen molar-refractivity contribution < 1.29 is 17.9 Å². The predicted octanol–water partition coefficient (Wildman–Crippen LogP) is 2.64. The molecule has 1 heterocycles. The van der Waals surface area contributed by atoms with Crippen molar-refractivity contribution in [1.82, 2.24) is 15.1 Å². The van der Waals surface area contributed by atoms with Crippen molar-refractivity contribution in [1.29, 1.82) is 0 Å². The molecule has 0 radical (unpaired) electrons. The van der Waals surface area contributed by atoms with Crippen LogP contribution in [0, 0.1) is 0 Å². The second-order valence-corrected chi connectivity index (χ2v) is 9.66. The van der Waals surface area contributed by atoms with Crippen LogP contribution >= 0.6 is 0 Å². The van der Waals surface area contributed by atoms with Crippen LogP contribution in [-0.4, -0.2) is 76.5 Å². The molecule has 0 unspecified atom stereocenters. The Morgan fingerprint density at radius 2 is 1.58 bits per heavy atom. The minimum Gasteiger partial charge on any atom is -0.494 e. The topological polar surface area (TPSA) is 91.0 Å². The maximum Gasteiger partial charge on any atom is 0.261 e. The number of sulfonamides is 1. The fourth-order valence-corrected chi connectivity index (χ4v) is 4.78. The molecule has 1 saturated heterocycles. The van der Waals surface area contributed by atoms with Crippen molar-refractivity contribution in [3.63, 3.8) is 0 Å². The van der Waals surface area contributed by atoms with Crippen LogP contribution < -0.4 is 14.8 Å². The number of piperazine rings is 1. The zero-order valence-corrected chi connectivity index (χ0v) is 20.2. The van der Waals surface area contributed by atoms with E-state index in [2.05, 4.69) is 26.8 Å². The van der Waals surface area contributed by atoms with Crippen LogP contribution in [0.2, 0.25) is 0 Å². The van der Waals surface area contributed by atoms with Crippen LogP contribution in [0.15, 0.2) is 53.4 Å². The average molecular weight is 475 g/mol. The monoisotopic (exact) mass is 474 g/mol. The molecule has 1 fully saturated rings. The summed E-state index contributed by atoms with van der Waals surface area (Å²) in [5.74, 6) is 0.456. The van der Waals surface area contributed by atoms with Gasteiger partial charge < -0.3 is 19.9 Å². The Bertz CT molecular complexity index is 986. The van der Waals surface area contributed by atoms with E-state index in [9.17, 15) is 13.2 Å². The van der Waals surface area contributed by atoms with E-state index in [-0.39, 0.29) is 10.8 Å². The Morgan fingerprint density at radius 1 is 0.939 bits per heavy atom. The highest BCUT2D eigenvalue weighted by molar-refractivity contribution is 7.92. The predicted molar refractivity (Wildman–Crippen MR) is 130 cm³/mol. The lowest BCUT2D eigenvalue weighted by Crippen LogP contribution is -2.46. The molecule has 1 aliphatic heterocycles. The van der Waals surface area contributed by atoms with Gasteiger partial charge in [0.25, 0.3) is 15.9 Å². The molecule has 0 atom stereocenters. The summed E-state index contributed by atoms with van der Waals surface area (Å²) in [4.78, 5) is 17.4. The minimum absolute atomic E-state index is 0.142. The first-order valence-electron chi connectivity index (χ1n) is 11.5. The van der Waals surface area contributed by atoms with E-state index in [1.54, 1.807) is 36.4 Å². The van der Waals surface area contributed by atoms with Crippen molar-refractivity contribution in [3.05, 3.63) is 54.1 Å². The van der Waals surface area contributed by atoms with Crippen molar-refractivity contribution >= 4 is 21.6 Å². The first-order valence-corrected chi connectivity index (χ1v) is 13.0. The van der Waals surface area contributed by atoms with Crippen LogP contribution in [0.1, 0.15) is 30.6 Å². The van der Waals surface area contributed by atoms with Gasteiger partial charge >= 0.3 is 0 Å². The summed E-state index contributed by atoms with van der Waals surface area (Å²) in [7, 11) is -3.73. The SMILES string of the molecule is CCOc1ccc(S(=O)(=O)Nc2ccc(C(=O)NCCCN3CCN(CC)CC3)cc2)cc1. The zero-order chi connectivity index (χ0) is 23.7. The summed E-state index contributed by atoms with van der Waals surface area (Å²) in [5.41, 5.74) is 0.891. The Balaban J connectivity index is 1.44. The molecule has 33 heavy (non-hydrogen) atoms. The Hall–Kier alpha value is -2.62. The number of benzene rings is 2. The highest BCUT2D eigenvalue weighted by Crippen LogP contribution is 2.19. The van der Waals surface area contributed by atoms with Gasteiger partial charge in [0.1, 0.15) is 5.75 Å². The molecule has 2 aromatic rings. The molecule has 1 amide bonds. The van der Waals surface area contributed by atoms with E-state index < -0.39 is 10.0 Å². The van der Waals surface area contributed by atoms with Gasteiger partial charge in [0, 0.05) is 44.0 Å². The molecule has 0 aliphatic carbocycles. The normalized spacial score (nSPS) is 15.2. The summed E-state index contributed by atoms with van der Waals surface area (Å²) in [6, 6.07) is 12.7. The average Bonchev–Trinajstić information content (AvgIpc) is 2.83. The summed E-state index contributed by atoms with van der Waals surface area (Å²) in [6.07, 6.45) is 0.901. The summed E-state index contributed by atoms with van der Waals surface area (Å²) in [6.45, 7) is 11.6. The number of anilines is 1. The lowest BCUT2D eigenvalue weighted by Gasteiger charge is -2.33. The number of amides is 1. The first-order chi connectivity index (χ1) is 15.9. The second kappa shape index (κ2) is 12.0. The van der Waals surface area contributed by atoms with Gasteiger partial charge in [-0.15, -0.1) is 0 Å². The Labute approximate surface area is 197 Å². The highest BCUT2D eigenvalue weighted by Gasteiger charge is 2.16. The fourth-order valence-electron chi connectivity index (χ4n) is 3.72. The third kappa shape index (κ3) is 7.45. The van der Waals surface area contributed by atoms with E-state index in [0.717, 1.165) is 45.7 Å². The molecular formula is C24H34N4O4S. The molecule has 8 nitrogen and oxygen atoms in total. The molecule has 0 spiro atoms. The van der Waals surface area contributed by atoms with Crippen LogP contribution in [0.3, 0.4) is 0 Å². The van der Waals surface area contributed by atoms with Crippen molar-refractivity contribution in [2.24, 2.45) is 0 Å². The maximum absolute atomic E-state index is 12.6. The molecule has 0 bridgehead atoms. The largest absolute Gasteiger partial charge is 0.494 e. The molecule has 0 aromatic heterocycles. The van der Waals surface area contributed by atoms with Crippen LogP contribution in [0.5, 0.6) is 5.75 Å². The number of hydrogen-bond donors (Lipinski definition) is 2.